The summed E-state index contributed by atoms with van der Waals surface area (Å²) in [6.45, 7) is 8.65. The lowest BCUT2D eigenvalue weighted by Gasteiger charge is -2.39. The zero-order valence-corrected chi connectivity index (χ0v) is 10.7. The number of nitrogens with zero attached hydrogens (tertiary/aromatic N) is 1. The summed E-state index contributed by atoms with van der Waals surface area (Å²) in [5, 5.41) is 0. The minimum Gasteiger partial charge on any atom is -0.293 e. The van der Waals surface area contributed by atoms with Gasteiger partial charge >= 0.3 is 0 Å². The molecule has 0 aromatic carbocycles. The van der Waals surface area contributed by atoms with Crippen LogP contribution in [0.4, 0.5) is 0 Å². The highest BCUT2D eigenvalue weighted by molar-refractivity contribution is 5.81. The Labute approximate surface area is 98.5 Å². The van der Waals surface area contributed by atoms with Gasteiger partial charge in [-0.3, -0.25) is 15.1 Å². The van der Waals surface area contributed by atoms with Crippen molar-refractivity contribution in [3.8, 4) is 0 Å². The van der Waals surface area contributed by atoms with Crippen LogP contribution in [-0.2, 0) is 4.79 Å². The van der Waals surface area contributed by atoms with E-state index in [1.807, 2.05) is 0 Å². The predicted octanol–water partition coefficient (Wildman–Crippen LogP) is 1.12. The Bertz CT molecular complexity index is 222. The Morgan fingerprint density at radius 1 is 1.44 bits per heavy atom. The number of nitrogens with one attached hydrogen (secondary N) is 1. The van der Waals surface area contributed by atoms with Crippen LogP contribution in [0.2, 0.25) is 0 Å². The van der Waals surface area contributed by atoms with Gasteiger partial charge in [-0.05, 0) is 24.7 Å². The molecule has 1 heterocycles. The van der Waals surface area contributed by atoms with Crippen molar-refractivity contribution < 1.29 is 4.79 Å². The van der Waals surface area contributed by atoms with Gasteiger partial charge in [0.1, 0.15) is 0 Å². The Kier molecular flexibility index (Phi) is 5.22. The van der Waals surface area contributed by atoms with Gasteiger partial charge in [-0.15, -0.1) is 0 Å². The average molecular weight is 227 g/mol. The zero-order chi connectivity index (χ0) is 12.1. The molecule has 0 unspecified atom stereocenters. The summed E-state index contributed by atoms with van der Waals surface area (Å²) in [5.41, 5.74) is 2.30. The second-order valence-corrected chi connectivity index (χ2v) is 5.21. The van der Waals surface area contributed by atoms with E-state index in [2.05, 4.69) is 31.1 Å². The molecule has 0 spiro atoms. The third kappa shape index (κ3) is 3.46. The molecule has 0 saturated carbocycles. The summed E-state index contributed by atoms with van der Waals surface area (Å²) in [5.74, 6) is 6.56. The van der Waals surface area contributed by atoms with Crippen molar-refractivity contribution in [3.63, 3.8) is 0 Å². The van der Waals surface area contributed by atoms with Gasteiger partial charge in [-0.2, -0.15) is 0 Å². The molecule has 1 aliphatic rings. The second-order valence-electron chi connectivity index (χ2n) is 5.21. The molecule has 1 rings (SSSR count). The summed E-state index contributed by atoms with van der Waals surface area (Å²) in [7, 11) is 0. The first-order valence-electron chi connectivity index (χ1n) is 6.33. The molecule has 0 aromatic rings. The van der Waals surface area contributed by atoms with Gasteiger partial charge in [0.15, 0.2) is 0 Å². The molecule has 94 valence electrons. The topological polar surface area (TPSA) is 58.4 Å². The van der Waals surface area contributed by atoms with Crippen molar-refractivity contribution in [2.45, 2.75) is 46.1 Å². The maximum atomic E-state index is 11.7. The van der Waals surface area contributed by atoms with Crippen LogP contribution in [0.25, 0.3) is 0 Å². The van der Waals surface area contributed by atoms with E-state index in [0.29, 0.717) is 11.8 Å². The van der Waals surface area contributed by atoms with Crippen LogP contribution in [-0.4, -0.2) is 29.9 Å². The lowest BCUT2D eigenvalue weighted by atomic mass is 9.90. The molecule has 1 amide bonds. The Morgan fingerprint density at radius 3 is 2.44 bits per heavy atom. The first-order chi connectivity index (χ1) is 7.58. The van der Waals surface area contributed by atoms with Gasteiger partial charge in [0.2, 0.25) is 0 Å². The fourth-order valence-corrected chi connectivity index (χ4v) is 2.81. The molecular weight excluding hydrogens is 202 g/mol. The number of carbonyl (C=O) groups excluding carboxylic acids is 1. The van der Waals surface area contributed by atoms with Crippen molar-refractivity contribution in [3.05, 3.63) is 0 Å². The normalized spacial score (nSPS) is 28.8. The van der Waals surface area contributed by atoms with Gasteiger partial charge in [-0.25, -0.2) is 5.84 Å². The van der Waals surface area contributed by atoms with E-state index in [0.717, 1.165) is 25.9 Å². The van der Waals surface area contributed by atoms with Crippen LogP contribution in [0, 0.1) is 11.8 Å². The van der Waals surface area contributed by atoms with E-state index in [4.69, 9.17) is 5.84 Å². The second kappa shape index (κ2) is 6.21. The fourth-order valence-electron chi connectivity index (χ4n) is 2.81. The molecular formula is C12H25N3O. The quantitative estimate of drug-likeness (QED) is 0.430. The summed E-state index contributed by atoms with van der Waals surface area (Å²) < 4.78 is 0. The van der Waals surface area contributed by atoms with Crippen LogP contribution in [0.1, 0.15) is 40.0 Å². The molecule has 16 heavy (non-hydrogen) atoms. The number of nitrogens with two attached hydrogens (primary N) is 1. The fraction of sp³-hybridized carbons (Fsp3) is 0.917. The minimum atomic E-state index is -0.0415. The molecule has 0 aliphatic carbocycles. The number of amides is 1. The monoisotopic (exact) mass is 227 g/mol. The summed E-state index contributed by atoms with van der Waals surface area (Å²) in [6, 6.07) is -0.0415. The van der Waals surface area contributed by atoms with Crippen molar-refractivity contribution >= 4 is 5.91 Å². The zero-order valence-electron chi connectivity index (χ0n) is 10.7. The molecule has 0 aromatic heterocycles. The smallest absolute Gasteiger partial charge is 0.251 e. The number of likely N-dealkylation sites (tertiary alicyclic amines) is 1. The highest BCUT2D eigenvalue weighted by Gasteiger charge is 2.30. The lowest BCUT2D eigenvalue weighted by molar-refractivity contribution is -0.128. The molecule has 3 atom stereocenters. The lowest BCUT2D eigenvalue weighted by Crippen LogP contribution is -2.53. The maximum absolute atomic E-state index is 11.7. The van der Waals surface area contributed by atoms with Gasteiger partial charge in [-0.1, -0.05) is 27.2 Å². The predicted molar refractivity (Wildman–Crippen MR) is 65.5 cm³/mol. The van der Waals surface area contributed by atoms with Gasteiger partial charge in [0.05, 0.1) is 6.04 Å². The van der Waals surface area contributed by atoms with E-state index >= 15 is 0 Å². The SMILES string of the molecule is CCC[C@H](C(=O)NN)N1C[C@@H](C)C[C@H](C)C1. The minimum absolute atomic E-state index is 0.0387. The highest BCUT2D eigenvalue weighted by atomic mass is 16.2. The van der Waals surface area contributed by atoms with Crippen molar-refractivity contribution in [1.29, 1.82) is 0 Å². The van der Waals surface area contributed by atoms with Crippen LogP contribution in [0.5, 0.6) is 0 Å². The first kappa shape index (κ1) is 13.5. The maximum Gasteiger partial charge on any atom is 0.251 e. The van der Waals surface area contributed by atoms with Crippen LogP contribution >= 0.6 is 0 Å². The van der Waals surface area contributed by atoms with Gasteiger partial charge < -0.3 is 0 Å². The van der Waals surface area contributed by atoms with E-state index in [1.54, 1.807) is 0 Å². The van der Waals surface area contributed by atoms with Gasteiger partial charge in [0.25, 0.3) is 5.91 Å². The van der Waals surface area contributed by atoms with E-state index in [-0.39, 0.29) is 11.9 Å². The number of hydrazine groups is 1. The molecule has 1 aliphatic heterocycles. The first-order valence-corrected chi connectivity index (χ1v) is 6.33. The van der Waals surface area contributed by atoms with Gasteiger partial charge in [0, 0.05) is 13.1 Å². The Balaban J connectivity index is 2.65. The molecule has 1 fully saturated rings. The van der Waals surface area contributed by atoms with E-state index in [1.165, 1.54) is 6.42 Å². The largest absolute Gasteiger partial charge is 0.293 e. The van der Waals surface area contributed by atoms with E-state index < -0.39 is 0 Å². The third-order valence-electron chi connectivity index (χ3n) is 3.34. The Morgan fingerprint density at radius 2 is 2.00 bits per heavy atom. The summed E-state index contributed by atoms with van der Waals surface area (Å²) in [6.07, 6.45) is 3.17. The summed E-state index contributed by atoms with van der Waals surface area (Å²) >= 11 is 0. The molecule has 4 heteroatoms. The average Bonchev–Trinajstić information content (AvgIpc) is 2.23. The molecule has 1 saturated heterocycles. The standard InChI is InChI=1S/C12H25N3O/c1-4-5-11(12(16)14-13)15-7-9(2)6-10(3)8-15/h9-11H,4-8,13H2,1-3H3,(H,14,16)/t9-,10-,11+/m0/s1. The van der Waals surface area contributed by atoms with Crippen molar-refractivity contribution in [2.24, 2.45) is 17.7 Å². The Hall–Kier alpha value is -0.610. The van der Waals surface area contributed by atoms with Crippen LogP contribution < -0.4 is 11.3 Å². The highest BCUT2D eigenvalue weighted by Crippen LogP contribution is 2.24. The number of hydrogen-bond donors (Lipinski definition) is 2. The number of piperidine rings is 1. The number of rotatable bonds is 4. The number of hydrogen-bond acceptors (Lipinski definition) is 3. The van der Waals surface area contributed by atoms with Crippen molar-refractivity contribution in [1.82, 2.24) is 10.3 Å². The molecule has 4 nitrogen and oxygen atoms in total. The molecule has 3 N–H and O–H groups in total. The number of carbonyl (C=O) groups is 1. The van der Waals surface area contributed by atoms with E-state index in [9.17, 15) is 4.79 Å². The van der Waals surface area contributed by atoms with Crippen LogP contribution in [0.3, 0.4) is 0 Å². The summed E-state index contributed by atoms with van der Waals surface area (Å²) in [4.78, 5) is 14.0. The van der Waals surface area contributed by atoms with Crippen LogP contribution in [0.15, 0.2) is 0 Å². The molecule has 0 radical (unpaired) electrons. The third-order valence-corrected chi connectivity index (χ3v) is 3.34. The van der Waals surface area contributed by atoms with Crippen molar-refractivity contribution in [2.75, 3.05) is 13.1 Å². The molecule has 0 bridgehead atoms.